The average molecular weight is 166 g/mol. The van der Waals surface area contributed by atoms with E-state index in [4.69, 9.17) is 9.52 Å². The van der Waals surface area contributed by atoms with Gasteiger partial charge in [0.15, 0.2) is 0 Å². The maximum atomic E-state index is 10.5. The van der Waals surface area contributed by atoms with Crippen molar-refractivity contribution >= 4 is 11.5 Å². The van der Waals surface area contributed by atoms with Gasteiger partial charge in [-0.1, -0.05) is 0 Å². The van der Waals surface area contributed by atoms with Gasteiger partial charge in [0.2, 0.25) is 0 Å². The van der Waals surface area contributed by atoms with Gasteiger partial charge in [-0.15, -0.1) is 0 Å². The van der Waals surface area contributed by atoms with Crippen molar-refractivity contribution in [1.82, 2.24) is 0 Å². The van der Waals surface area contributed by atoms with Crippen molar-refractivity contribution in [2.75, 3.05) is 0 Å². The smallest absolute Gasteiger partial charge is 0.331 e. The summed E-state index contributed by atoms with van der Waals surface area (Å²) in [4.78, 5) is 10.5. The van der Waals surface area contributed by atoms with E-state index in [9.17, 15) is 4.79 Å². The van der Waals surface area contributed by atoms with E-state index >= 15 is 0 Å². The van der Waals surface area contributed by atoms with Gasteiger partial charge >= 0.3 is 5.97 Å². The predicted octanol–water partition coefficient (Wildman–Crippen LogP) is 2.16. The maximum absolute atomic E-state index is 10.5. The molecule has 1 aromatic rings. The van der Waals surface area contributed by atoms with E-state index in [1.807, 2.05) is 0 Å². The fraction of sp³-hybridized carbons (Fsp3) is 0.222. The molecule has 0 saturated carbocycles. The van der Waals surface area contributed by atoms with Gasteiger partial charge in [-0.2, -0.15) is 0 Å². The van der Waals surface area contributed by atoms with Gasteiger partial charge in [0.05, 0.1) is 6.26 Å². The van der Waals surface area contributed by atoms with Crippen molar-refractivity contribution in [1.29, 1.82) is 0 Å². The van der Waals surface area contributed by atoms with Crippen molar-refractivity contribution in [3.8, 4) is 0 Å². The molecule has 0 aromatic carbocycles. The van der Waals surface area contributed by atoms with E-state index in [1.165, 1.54) is 6.26 Å². The van der Waals surface area contributed by atoms with Crippen LogP contribution in [0.1, 0.15) is 19.6 Å². The highest BCUT2D eigenvalue weighted by molar-refractivity contribution is 5.94. The topological polar surface area (TPSA) is 50.4 Å². The summed E-state index contributed by atoms with van der Waals surface area (Å²) in [6.07, 6.45) is 1.52. The van der Waals surface area contributed by atoms with Gasteiger partial charge in [-0.25, -0.2) is 4.79 Å². The third-order valence-electron chi connectivity index (χ3n) is 1.77. The zero-order valence-corrected chi connectivity index (χ0v) is 7.00. The summed E-state index contributed by atoms with van der Waals surface area (Å²) in [7, 11) is 0. The van der Waals surface area contributed by atoms with Gasteiger partial charge in [0.25, 0.3) is 0 Å². The molecular formula is C9H10O3. The summed E-state index contributed by atoms with van der Waals surface area (Å²) in [5, 5.41) is 8.65. The van der Waals surface area contributed by atoms with Gasteiger partial charge in [-0.3, -0.25) is 0 Å². The molecule has 64 valence electrons. The Morgan fingerprint density at radius 3 is 2.58 bits per heavy atom. The minimum Gasteiger partial charge on any atom is -0.478 e. The zero-order chi connectivity index (χ0) is 9.14. The highest BCUT2D eigenvalue weighted by atomic mass is 16.4. The molecule has 0 aliphatic rings. The molecule has 0 aliphatic carbocycles. The first-order valence-electron chi connectivity index (χ1n) is 3.57. The van der Waals surface area contributed by atoms with Crippen LogP contribution >= 0.6 is 0 Å². The summed E-state index contributed by atoms with van der Waals surface area (Å²) < 4.78 is 5.05. The highest BCUT2D eigenvalue weighted by Gasteiger charge is 2.08. The molecule has 0 fully saturated rings. The first-order valence-corrected chi connectivity index (χ1v) is 3.57. The number of allylic oxidation sites excluding steroid dienone is 1. The van der Waals surface area contributed by atoms with Crippen LogP contribution in [-0.4, -0.2) is 11.1 Å². The summed E-state index contributed by atoms with van der Waals surface area (Å²) in [5.41, 5.74) is 0.970. The summed E-state index contributed by atoms with van der Waals surface area (Å²) >= 11 is 0. The standard InChI is InChI=1S/C9H10O3/c1-6(7(2)9(10)11)8-4-3-5-12-8/h3-5H,1-2H3,(H,10,11). The zero-order valence-electron chi connectivity index (χ0n) is 7.00. The van der Waals surface area contributed by atoms with E-state index in [0.717, 1.165) is 0 Å². The van der Waals surface area contributed by atoms with E-state index in [0.29, 0.717) is 16.9 Å². The third-order valence-corrected chi connectivity index (χ3v) is 1.77. The summed E-state index contributed by atoms with van der Waals surface area (Å²) in [6, 6.07) is 3.47. The molecule has 0 saturated heterocycles. The first kappa shape index (κ1) is 8.59. The van der Waals surface area contributed by atoms with Crippen molar-refractivity contribution in [3.63, 3.8) is 0 Å². The second-order valence-corrected chi connectivity index (χ2v) is 2.53. The Morgan fingerprint density at radius 1 is 1.50 bits per heavy atom. The Kier molecular flexibility index (Phi) is 2.33. The molecule has 0 unspecified atom stereocenters. The van der Waals surface area contributed by atoms with Gasteiger partial charge in [0.1, 0.15) is 5.76 Å². The molecule has 0 atom stereocenters. The molecule has 0 spiro atoms. The van der Waals surface area contributed by atoms with Crippen LogP contribution in [0.2, 0.25) is 0 Å². The molecule has 12 heavy (non-hydrogen) atoms. The number of aliphatic carboxylic acids is 1. The van der Waals surface area contributed by atoms with Crippen molar-refractivity contribution in [2.45, 2.75) is 13.8 Å². The molecule has 1 heterocycles. The number of rotatable bonds is 2. The van der Waals surface area contributed by atoms with E-state index in [1.54, 1.807) is 26.0 Å². The van der Waals surface area contributed by atoms with Crippen LogP contribution in [0.4, 0.5) is 0 Å². The SMILES string of the molecule is CC(C(=O)O)=C(C)c1ccco1. The van der Waals surface area contributed by atoms with Crippen molar-refractivity contribution in [2.24, 2.45) is 0 Å². The third kappa shape index (κ3) is 1.56. The van der Waals surface area contributed by atoms with Gasteiger partial charge < -0.3 is 9.52 Å². The van der Waals surface area contributed by atoms with Crippen molar-refractivity contribution < 1.29 is 14.3 Å². The molecule has 0 bridgehead atoms. The lowest BCUT2D eigenvalue weighted by Gasteiger charge is -1.98. The Hall–Kier alpha value is -1.51. The minimum absolute atomic E-state index is 0.310. The van der Waals surface area contributed by atoms with Gasteiger partial charge in [-0.05, 0) is 26.0 Å². The van der Waals surface area contributed by atoms with Crippen molar-refractivity contribution in [3.05, 3.63) is 29.7 Å². The lowest BCUT2D eigenvalue weighted by molar-refractivity contribution is -0.132. The maximum Gasteiger partial charge on any atom is 0.331 e. The fourth-order valence-electron chi connectivity index (χ4n) is 0.837. The Labute approximate surface area is 70.3 Å². The lowest BCUT2D eigenvalue weighted by atomic mass is 10.1. The Balaban J connectivity index is 3.05. The number of furan rings is 1. The number of carboxylic acid groups (broad SMARTS) is 1. The Morgan fingerprint density at radius 2 is 2.17 bits per heavy atom. The average Bonchev–Trinajstić information content (AvgIpc) is 2.53. The molecule has 3 heteroatoms. The van der Waals surface area contributed by atoms with Crippen LogP contribution in [0, 0.1) is 0 Å². The molecule has 1 N–H and O–H groups in total. The summed E-state index contributed by atoms with van der Waals surface area (Å²) in [5.74, 6) is -0.307. The number of carbonyl (C=O) groups is 1. The van der Waals surface area contributed by atoms with E-state index < -0.39 is 5.97 Å². The molecule has 0 radical (unpaired) electrons. The van der Waals surface area contributed by atoms with Crippen LogP contribution in [0.3, 0.4) is 0 Å². The van der Waals surface area contributed by atoms with Crippen LogP contribution < -0.4 is 0 Å². The molecule has 0 amide bonds. The highest BCUT2D eigenvalue weighted by Crippen LogP contribution is 2.17. The van der Waals surface area contributed by atoms with Crippen LogP contribution in [0.5, 0.6) is 0 Å². The number of carboxylic acids is 1. The van der Waals surface area contributed by atoms with Crippen LogP contribution in [0.15, 0.2) is 28.4 Å². The van der Waals surface area contributed by atoms with E-state index in [-0.39, 0.29) is 0 Å². The second-order valence-electron chi connectivity index (χ2n) is 2.53. The minimum atomic E-state index is -0.913. The predicted molar refractivity (Wildman–Crippen MR) is 44.6 cm³/mol. The van der Waals surface area contributed by atoms with Gasteiger partial charge in [0, 0.05) is 11.1 Å². The van der Waals surface area contributed by atoms with Crippen LogP contribution in [-0.2, 0) is 4.79 Å². The van der Waals surface area contributed by atoms with E-state index in [2.05, 4.69) is 0 Å². The molecular weight excluding hydrogens is 156 g/mol. The quantitative estimate of drug-likeness (QED) is 0.685. The first-order chi connectivity index (χ1) is 5.63. The number of hydrogen-bond acceptors (Lipinski definition) is 2. The normalized spacial score (nSPS) is 12.5. The van der Waals surface area contributed by atoms with Crippen LogP contribution in [0.25, 0.3) is 5.57 Å². The molecule has 1 rings (SSSR count). The molecule has 3 nitrogen and oxygen atoms in total. The lowest BCUT2D eigenvalue weighted by Crippen LogP contribution is -1.98. The largest absolute Gasteiger partial charge is 0.478 e. The monoisotopic (exact) mass is 166 g/mol. The molecule has 1 aromatic heterocycles. The Bertz CT molecular complexity index is 307. The summed E-state index contributed by atoms with van der Waals surface area (Å²) in [6.45, 7) is 3.28. The molecule has 0 aliphatic heterocycles. The second kappa shape index (κ2) is 3.26. The fourth-order valence-corrected chi connectivity index (χ4v) is 0.837. The number of hydrogen-bond donors (Lipinski definition) is 1.